The van der Waals surface area contributed by atoms with Crippen molar-refractivity contribution < 1.29 is 0 Å². The second-order valence-electron chi connectivity index (χ2n) is 8.97. The third kappa shape index (κ3) is 3.20. The topological polar surface area (TPSA) is 59.5 Å². The van der Waals surface area contributed by atoms with E-state index in [0.29, 0.717) is 11.5 Å². The van der Waals surface area contributed by atoms with E-state index in [9.17, 15) is 0 Å². The standard InChI is InChI=1S/C25H27N5S/c26-22-9-4-10-25(22)11-14-29(15-12-25)24-28-17-21(23-27-13-16-30(23)24)31-20-8-3-6-18-5-1-2-7-19(18)20/h1-3,5-8,13,16-17,22H,4,9-12,14-15,26H2. The molecule has 0 radical (unpaired) electrons. The van der Waals surface area contributed by atoms with Crippen LogP contribution in [0, 0.1) is 5.41 Å². The van der Waals surface area contributed by atoms with Crippen LogP contribution >= 0.6 is 11.8 Å². The summed E-state index contributed by atoms with van der Waals surface area (Å²) in [5.74, 6) is 0.996. The Hall–Kier alpha value is -2.57. The van der Waals surface area contributed by atoms with Crippen LogP contribution in [-0.4, -0.2) is 33.5 Å². The zero-order valence-corrected chi connectivity index (χ0v) is 18.4. The van der Waals surface area contributed by atoms with Crippen LogP contribution in [0.15, 0.2) is 70.8 Å². The summed E-state index contributed by atoms with van der Waals surface area (Å²) in [6.45, 7) is 2.04. The maximum Gasteiger partial charge on any atom is 0.211 e. The van der Waals surface area contributed by atoms with E-state index in [1.54, 1.807) is 11.8 Å². The number of benzene rings is 2. The van der Waals surface area contributed by atoms with Gasteiger partial charge in [0.15, 0.2) is 5.65 Å². The minimum Gasteiger partial charge on any atom is -0.342 e. The minimum atomic E-state index is 0.356. The third-order valence-electron chi connectivity index (χ3n) is 7.36. The molecule has 1 spiro atoms. The molecule has 0 amide bonds. The summed E-state index contributed by atoms with van der Waals surface area (Å²) in [4.78, 5) is 14.3. The molecule has 158 valence electrons. The van der Waals surface area contributed by atoms with E-state index < -0.39 is 0 Å². The maximum atomic E-state index is 6.48. The average Bonchev–Trinajstić information content (AvgIpc) is 3.43. The van der Waals surface area contributed by atoms with E-state index in [1.807, 2.05) is 18.6 Å². The molecular weight excluding hydrogens is 402 g/mol. The van der Waals surface area contributed by atoms with Gasteiger partial charge in [0.1, 0.15) is 0 Å². The summed E-state index contributed by atoms with van der Waals surface area (Å²) in [5.41, 5.74) is 7.81. The Balaban J connectivity index is 1.31. The summed E-state index contributed by atoms with van der Waals surface area (Å²) >= 11 is 1.74. The number of anilines is 1. The quantitative estimate of drug-likeness (QED) is 0.489. The summed E-state index contributed by atoms with van der Waals surface area (Å²) < 4.78 is 2.15. The molecule has 6 rings (SSSR count). The first-order valence-corrected chi connectivity index (χ1v) is 12.0. The lowest BCUT2D eigenvalue weighted by molar-refractivity contribution is 0.197. The van der Waals surface area contributed by atoms with Crippen LogP contribution in [0.5, 0.6) is 0 Å². The van der Waals surface area contributed by atoms with Gasteiger partial charge in [0.05, 0.1) is 4.90 Å². The van der Waals surface area contributed by atoms with Gasteiger partial charge in [-0.05, 0) is 47.9 Å². The molecule has 1 unspecified atom stereocenters. The van der Waals surface area contributed by atoms with Crippen molar-refractivity contribution >= 4 is 34.1 Å². The molecule has 6 heteroatoms. The highest BCUT2D eigenvalue weighted by atomic mass is 32.2. The summed E-state index contributed by atoms with van der Waals surface area (Å²) in [6.07, 6.45) is 12.0. The van der Waals surface area contributed by atoms with Gasteiger partial charge in [-0.1, -0.05) is 54.6 Å². The zero-order chi connectivity index (χ0) is 20.8. The smallest absolute Gasteiger partial charge is 0.211 e. The molecule has 2 fully saturated rings. The minimum absolute atomic E-state index is 0.356. The van der Waals surface area contributed by atoms with Gasteiger partial charge in [-0.2, -0.15) is 0 Å². The summed E-state index contributed by atoms with van der Waals surface area (Å²) in [7, 11) is 0. The molecule has 1 atom stereocenters. The number of nitrogens with two attached hydrogens (primary N) is 1. The predicted octanol–water partition coefficient (Wildman–Crippen LogP) is 5.13. The number of aromatic nitrogens is 3. The zero-order valence-electron chi connectivity index (χ0n) is 17.6. The first-order valence-electron chi connectivity index (χ1n) is 11.2. The summed E-state index contributed by atoms with van der Waals surface area (Å²) in [5, 5.41) is 2.52. The number of rotatable bonds is 3. The molecule has 1 aliphatic carbocycles. The molecule has 5 nitrogen and oxygen atoms in total. The molecule has 3 heterocycles. The number of hydrogen-bond acceptors (Lipinski definition) is 5. The molecule has 2 N–H and O–H groups in total. The normalized spacial score (nSPS) is 20.8. The largest absolute Gasteiger partial charge is 0.342 e. The molecule has 1 aliphatic heterocycles. The molecule has 1 saturated carbocycles. The van der Waals surface area contributed by atoms with E-state index in [4.69, 9.17) is 10.7 Å². The van der Waals surface area contributed by atoms with Crippen molar-refractivity contribution in [1.82, 2.24) is 14.4 Å². The Morgan fingerprint density at radius 3 is 2.65 bits per heavy atom. The van der Waals surface area contributed by atoms with Crippen molar-refractivity contribution in [2.24, 2.45) is 11.1 Å². The fraction of sp³-hybridized carbons (Fsp3) is 0.360. The van der Waals surface area contributed by atoms with Crippen LogP contribution in [0.2, 0.25) is 0 Å². The second kappa shape index (κ2) is 7.53. The van der Waals surface area contributed by atoms with Gasteiger partial charge >= 0.3 is 0 Å². The van der Waals surface area contributed by atoms with Gasteiger partial charge < -0.3 is 10.6 Å². The van der Waals surface area contributed by atoms with Crippen LogP contribution in [0.1, 0.15) is 32.1 Å². The van der Waals surface area contributed by atoms with Gasteiger partial charge in [-0.3, -0.25) is 4.40 Å². The van der Waals surface area contributed by atoms with Crippen molar-refractivity contribution in [3.8, 4) is 0 Å². The van der Waals surface area contributed by atoms with Crippen LogP contribution in [0.4, 0.5) is 5.95 Å². The van der Waals surface area contributed by atoms with Crippen molar-refractivity contribution in [2.45, 2.75) is 47.9 Å². The van der Waals surface area contributed by atoms with E-state index in [1.165, 1.54) is 47.8 Å². The highest BCUT2D eigenvalue weighted by molar-refractivity contribution is 7.99. The predicted molar refractivity (Wildman–Crippen MR) is 127 cm³/mol. The lowest BCUT2D eigenvalue weighted by Gasteiger charge is -2.42. The van der Waals surface area contributed by atoms with E-state index in [-0.39, 0.29) is 0 Å². The lowest BCUT2D eigenvalue weighted by Crippen LogP contribution is -2.47. The van der Waals surface area contributed by atoms with Crippen LogP contribution in [0.25, 0.3) is 16.4 Å². The molecule has 0 bridgehead atoms. The molecule has 2 aromatic heterocycles. The van der Waals surface area contributed by atoms with Gasteiger partial charge in [0, 0.05) is 42.6 Å². The van der Waals surface area contributed by atoms with E-state index in [2.05, 4.69) is 56.7 Å². The highest BCUT2D eigenvalue weighted by Crippen LogP contribution is 2.46. The molecular formula is C25H27N5S. The number of hydrogen-bond donors (Lipinski definition) is 1. The number of nitrogens with zero attached hydrogens (tertiary/aromatic N) is 4. The van der Waals surface area contributed by atoms with Gasteiger partial charge in [0.2, 0.25) is 5.95 Å². The van der Waals surface area contributed by atoms with Crippen molar-refractivity contribution in [3.05, 3.63) is 61.1 Å². The highest BCUT2D eigenvalue weighted by Gasteiger charge is 2.43. The molecule has 2 aliphatic rings. The number of imidazole rings is 1. The van der Waals surface area contributed by atoms with Crippen LogP contribution < -0.4 is 10.6 Å². The van der Waals surface area contributed by atoms with Crippen molar-refractivity contribution in [1.29, 1.82) is 0 Å². The average molecular weight is 430 g/mol. The lowest BCUT2D eigenvalue weighted by atomic mass is 9.74. The first-order chi connectivity index (χ1) is 15.2. The Kier molecular flexibility index (Phi) is 4.65. The van der Waals surface area contributed by atoms with Gasteiger partial charge in [-0.25, -0.2) is 9.97 Å². The third-order valence-corrected chi connectivity index (χ3v) is 8.45. The fourth-order valence-corrected chi connectivity index (χ4v) is 6.56. The fourth-order valence-electron chi connectivity index (χ4n) is 5.53. The van der Waals surface area contributed by atoms with Crippen LogP contribution in [-0.2, 0) is 0 Å². The molecule has 31 heavy (non-hydrogen) atoms. The Morgan fingerprint density at radius 1 is 0.968 bits per heavy atom. The first kappa shape index (κ1) is 19.1. The Morgan fingerprint density at radius 2 is 1.81 bits per heavy atom. The Bertz CT molecular complexity index is 1240. The number of piperidine rings is 1. The number of fused-ring (bicyclic) bond motifs is 2. The Labute approximate surface area is 186 Å². The van der Waals surface area contributed by atoms with E-state index in [0.717, 1.165) is 29.6 Å². The monoisotopic (exact) mass is 429 g/mol. The summed E-state index contributed by atoms with van der Waals surface area (Å²) in [6, 6.07) is 15.3. The van der Waals surface area contributed by atoms with Gasteiger partial charge in [0.25, 0.3) is 0 Å². The molecule has 1 saturated heterocycles. The van der Waals surface area contributed by atoms with Crippen molar-refractivity contribution in [3.63, 3.8) is 0 Å². The van der Waals surface area contributed by atoms with Gasteiger partial charge in [-0.15, -0.1) is 0 Å². The van der Waals surface area contributed by atoms with Crippen molar-refractivity contribution in [2.75, 3.05) is 18.0 Å². The SMILES string of the molecule is NC1CCCC12CCN(c1ncc(Sc3cccc4ccccc34)c3nccn13)CC2. The second-order valence-corrected chi connectivity index (χ2v) is 10.1. The maximum absolute atomic E-state index is 6.48. The molecule has 2 aromatic carbocycles. The molecule has 4 aromatic rings. The van der Waals surface area contributed by atoms with Crippen LogP contribution in [0.3, 0.4) is 0 Å². The van der Waals surface area contributed by atoms with E-state index >= 15 is 0 Å².